The van der Waals surface area contributed by atoms with Gasteiger partial charge in [0.2, 0.25) is 0 Å². The van der Waals surface area contributed by atoms with Gasteiger partial charge in [0.25, 0.3) is 0 Å². The second kappa shape index (κ2) is 9.71. The minimum Gasteiger partial charge on any atom is -0.496 e. The van der Waals surface area contributed by atoms with Crippen molar-refractivity contribution in [1.29, 1.82) is 0 Å². The fraction of sp³-hybridized carbons (Fsp3) is 0.238. The maximum atomic E-state index is 12.2. The van der Waals surface area contributed by atoms with Gasteiger partial charge in [-0.15, -0.1) is 16.8 Å². The second-order valence-electron chi connectivity index (χ2n) is 6.24. The van der Waals surface area contributed by atoms with Gasteiger partial charge in [-0.25, -0.2) is 0 Å². The van der Waals surface area contributed by atoms with Crippen LogP contribution < -0.4 is 9.47 Å². The van der Waals surface area contributed by atoms with E-state index in [1.54, 1.807) is 25.3 Å². The van der Waals surface area contributed by atoms with E-state index in [0.29, 0.717) is 29.0 Å². The molecule has 0 radical (unpaired) electrons. The highest BCUT2D eigenvalue weighted by atomic mass is 32.2. The van der Waals surface area contributed by atoms with Crippen LogP contribution in [0.3, 0.4) is 0 Å². The number of rotatable bonds is 9. The monoisotopic (exact) mass is 435 g/mol. The number of thioether (sulfide) groups is 1. The van der Waals surface area contributed by atoms with E-state index in [-0.39, 0.29) is 5.75 Å². The third kappa shape index (κ3) is 5.56. The number of methoxy groups -OCH3 is 1. The molecule has 0 unspecified atom stereocenters. The van der Waals surface area contributed by atoms with Gasteiger partial charge in [0.15, 0.2) is 17.6 Å². The predicted molar refractivity (Wildman–Crippen MR) is 110 cm³/mol. The van der Waals surface area contributed by atoms with Gasteiger partial charge in [0.05, 0.1) is 12.7 Å². The van der Waals surface area contributed by atoms with Gasteiger partial charge in [-0.2, -0.15) is 13.2 Å². The summed E-state index contributed by atoms with van der Waals surface area (Å²) in [6, 6.07) is 14.1. The zero-order chi connectivity index (χ0) is 21.6. The summed E-state index contributed by atoms with van der Waals surface area (Å²) in [5.74, 6) is 2.11. The SMILES string of the molecule is C=CCn1c(SCc2ccc(OCC(F)(F)F)cc2)nnc1-c1ccccc1OC. The van der Waals surface area contributed by atoms with E-state index in [0.717, 1.165) is 11.1 Å². The normalized spacial score (nSPS) is 11.3. The van der Waals surface area contributed by atoms with E-state index >= 15 is 0 Å². The first-order valence-electron chi connectivity index (χ1n) is 9.00. The largest absolute Gasteiger partial charge is 0.496 e. The molecule has 0 aliphatic heterocycles. The smallest absolute Gasteiger partial charge is 0.422 e. The van der Waals surface area contributed by atoms with Gasteiger partial charge in [-0.05, 0) is 29.8 Å². The number of halogens is 3. The third-order valence-corrected chi connectivity index (χ3v) is 5.11. The molecule has 3 aromatic rings. The Balaban J connectivity index is 1.73. The Morgan fingerprint density at radius 3 is 2.50 bits per heavy atom. The molecule has 0 saturated carbocycles. The number of para-hydroxylation sites is 1. The van der Waals surface area contributed by atoms with Crippen molar-refractivity contribution in [3.63, 3.8) is 0 Å². The Bertz CT molecular complexity index is 988. The minimum atomic E-state index is -4.36. The van der Waals surface area contributed by atoms with Crippen LogP contribution in [0.5, 0.6) is 11.5 Å². The molecule has 30 heavy (non-hydrogen) atoms. The maximum Gasteiger partial charge on any atom is 0.422 e. The van der Waals surface area contributed by atoms with Crippen LogP contribution in [0.15, 0.2) is 66.3 Å². The first-order valence-corrected chi connectivity index (χ1v) is 9.98. The Morgan fingerprint density at radius 1 is 1.10 bits per heavy atom. The first kappa shape index (κ1) is 21.8. The Kier molecular flexibility index (Phi) is 7.04. The van der Waals surface area contributed by atoms with Crippen LogP contribution in [0.1, 0.15) is 5.56 Å². The lowest BCUT2D eigenvalue weighted by molar-refractivity contribution is -0.153. The van der Waals surface area contributed by atoms with Crippen molar-refractivity contribution in [3.8, 4) is 22.9 Å². The highest BCUT2D eigenvalue weighted by Gasteiger charge is 2.28. The summed E-state index contributed by atoms with van der Waals surface area (Å²) in [6.45, 7) is 3.02. The van der Waals surface area contributed by atoms with E-state index < -0.39 is 12.8 Å². The predicted octanol–water partition coefficient (Wildman–Crippen LogP) is 5.37. The molecular weight excluding hydrogens is 415 g/mol. The van der Waals surface area contributed by atoms with Crippen LogP contribution in [-0.2, 0) is 12.3 Å². The quantitative estimate of drug-likeness (QED) is 0.334. The first-order chi connectivity index (χ1) is 14.4. The van der Waals surface area contributed by atoms with Crippen LogP contribution >= 0.6 is 11.8 Å². The van der Waals surface area contributed by atoms with E-state index in [4.69, 9.17) is 9.47 Å². The molecule has 5 nitrogen and oxygen atoms in total. The van der Waals surface area contributed by atoms with E-state index in [1.807, 2.05) is 28.8 Å². The molecule has 0 atom stereocenters. The van der Waals surface area contributed by atoms with Crippen molar-refractivity contribution in [3.05, 3.63) is 66.7 Å². The van der Waals surface area contributed by atoms with Gasteiger partial charge in [0, 0.05) is 12.3 Å². The molecule has 9 heteroatoms. The van der Waals surface area contributed by atoms with Gasteiger partial charge in [-0.1, -0.05) is 42.1 Å². The van der Waals surface area contributed by atoms with Crippen molar-refractivity contribution >= 4 is 11.8 Å². The third-order valence-electron chi connectivity index (χ3n) is 4.07. The van der Waals surface area contributed by atoms with Crippen LogP contribution in [0.2, 0.25) is 0 Å². The molecule has 0 aliphatic carbocycles. The number of benzene rings is 2. The van der Waals surface area contributed by atoms with Crippen molar-refractivity contribution in [2.24, 2.45) is 0 Å². The zero-order valence-corrected chi connectivity index (χ0v) is 17.0. The number of allylic oxidation sites excluding steroid dienone is 1. The summed E-state index contributed by atoms with van der Waals surface area (Å²) in [4.78, 5) is 0. The van der Waals surface area contributed by atoms with Gasteiger partial charge in [0.1, 0.15) is 11.5 Å². The lowest BCUT2D eigenvalue weighted by atomic mass is 10.2. The van der Waals surface area contributed by atoms with E-state index in [9.17, 15) is 13.2 Å². The molecule has 0 saturated heterocycles. The maximum absolute atomic E-state index is 12.2. The molecule has 3 rings (SSSR count). The lowest BCUT2D eigenvalue weighted by Crippen LogP contribution is -2.19. The fourth-order valence-corrected chi connectivity index (χ4v) is 3.62. The molecule has 2 aromatic carbocycles. The van der Waals surface area contributed by atoms with E-state index in [2.05, 4.69) is 16.8 Å². The lowest BCUT2D eigenvalue weighted by Gasteiger charge is -2.11. The molecule has 0 fully saturated rings. The molecule has 1 heterocycles. The average molecular weight is 435 g/mol. The summed E-state index contributed by atoms with van der Waals surface area (Å²) >= 11 is 1.47. The van der Waals surface area contributed by atoms with Gasteiger partial charge < -0.3 is 9.47 Å². The number of aromatic nitrogens is 3. The Labute approximate surface area is 176 Å². The Hall–Kier alpha value is -2.94. The van der Waals surface area contributed by atoms with Crippen molar-refractivity contribution < 1.29 is 22.6 Å². The van der Waals surface area contributed by atoms with Crippen molar-refractivity contribution in [2.75, 3.05) is 13.7 Å². The summed E-state index contributed by atoms with van der Waals surface area (Å²) in [7, 11) is 1.60. The average Bonchev–Trinajstić information content (AvgIpc) is 3.13. The second-order valence-corrected chi connectivity index (χ2v) is 7.18. The minimum absolute atomic E-state index is 0.175. The molecule has 1 aromatic heterocycles. The number of ether oxygens (including phenoxy) is 2. The highest BCUT2D eigenvalue weighted by molar-refractivity contribution is 7.98. The topological polar surface area (TPSA) is 49.2 Å². The number of nitrogens with zero attached hydrogens (tertiary/aromatic N) is 3. The number of alkyl halides is 3. The molecule has 0 amide bonds. The standard InChI is InChI=1S/C21H20F3N3O2S/c1-3-12-27-19(17-6-4-5-7-18(17)28-2)25-26-20(27)30-13-15-8-10-16(11-9-15)29-14-21(22,23)24/h3-11H,1,12-14H2,2H3. The summed E-state index contributed by atoms with van der Waals surface area (Å²) in [5, 5.41) is 9.33. The van der Waals surface area contributed by atoms with Crippen LogP contribution in [0.4, 0.5) is 13.2 Å². The molecule has 0 bridgehead atoms. The molecule has 0 aliphatic rings. The molecule has 0 spiro atoms. The number of hydrogen-bond acceptors (Lipinski definition) is 5. The van der Waals surface area contributed by atoms with Crippen LogP contribution in [-0.4, -0.2) is 34.7 Å². The van der Waals surface area contributed by atoms with Crippen molar-refractivity contribution in [1.82, 2.24) is 14.8 Å². The van der Waals surface area contributed by atoms with Crippen LogP contribution in [0.25, 0.3) is 11.4 Å². The van der Waals surface area contributed by atoms with Crippen LogP contribution in [0, 0.1) is 0 Å². The molecule has 0 N–H and O–H groups in total. The summed E-state index contributed by atoms with van der Waals surface area (Å²) < 4.78 is 48.8. The van der Waals surface area contributed by atoms with Crippen molar-refractivity contribution in [2.45, 2.75) is 23.6 Å². The molecular formula is C21H20F3N3O2S. The Morgan fingerprint density at radius 2 is 1.83 bits per heavy atom. The summed E-state index contributed by atoms with van der Waals surface area (Å²) in [6.07, 6.45) is -2.60. The van der Waals surface area contributed by atoms with E-state index in [1.165, 1.54) is 23.9 Å². The molecule has 158 valence electrons. The fourth-order valence-electron chi connectivity index (χ4n) is 2.71. The zero-order valence-electron chi connectivity index (χ0n) is 16.2. The van der Waals surface area contributed by atoms with Gasteiger partial charge >= 0.3 is 6.18 Å². The summed E-state index contributed by atoms with van der Waals surface area (Å²) in [5.41, 5.74) is 1.75. The van der Waals surface area contributed by atoms with Gasteiger partial charge in [-0.3, -0.25) is 4.57 Å². The number of hydrogen-bond donors (Lipinski definition) is 0. The highest BCUT2D eigenvalue weighted by Crippen LogP contribution is 2.32.